The average Bonchev–Trinajstić information content (AvgIpc) is 2.32. The largest absolute Gasteiger partial charge is 0.478 e. The molecule has 0 aliphatic carbocycles. The predicted molar refractivity (Wildman–Crippen MR) is 73.4 cm³/mol. The molecule has 0 aromatic carbocycles. The van der Waals surface area contributed by atoms with Crippen molar-refractivity contribution in [3.8, 4) is 0 Å². The molecule has 5 heteroatoms. The molecular formula is C13H19ClN2O2. The minimum atomic E-state index is -1.02. The van der Waals surface area contributed by atoms with Gasteiger partial charge in [-0.15, -0.1) is 0 Å². The van der Waals surface area contributed by atoms with E-state index in [0.717, 1.165) is 12.8 Å². The third-order valence-electron chi connectivity index (χ3n) is 2.71. The zero-order valence-corrected chi connectivity index (χ0v) is 11.5. The number of hydrogen-bond acceptors (Lipinski definition) is 3. The smallest absolute Gasteiger partial charge is 0.337 e. The number of halogens is 1. The van der Waals surface area contributed by atoms with E-state index < -0.39 is 5.97 Å². The number of carboxylic acids is 1. The summed E-state index contributed by atoms with van der Waals surface area (Å²) in [6, 6.07) is 1.69. The van der Waals surface area contributed by atoms with Gasteiger partial charge in [-0.25, -0.2) is 9.78 Å². The fraction of sp³-hybridized carbons (Fsp3) is 0.538. The lowest BCUT2D eigenvalue weighted by atomic mass is 10.1. The zero-order valence-electron chi connectivity index (χ0n) is 10.7. The molecule has 4 nitrogen and oxygen atoms in total. The zero-order chi connectivity index (χ0) is 13.5. The second-order valence-corrected chi connectivity index (χ2v) is 4.81. The van der Waals surface area contributed by atoms with Gasteiger partial charge in [-0.3, -0.25) is 0 Å². The number of nitrogens with one attached hydrogen (secondary N) is 1. The molecule has 1 unspecified atom stereocenters. The Labute approximate surface area is 112 Å². The molecule has 0 saturated heterocycles. The number of aromatic carboxylic acids is 1. The number of pyridine rings is 1. The molecule has 0 amide bonds. The summed E-state index contributed by atoms with van der Waals surface area (Å²) >= 11 is 5.99. The highest BCUT2D eigenvalue weighted by Crippen LogP contribution is 2.21. The van der Waals surface area contributed by atoms with Crippen molar-refractivity contribution in [3.05, 3.63) is 22.8 Å². The third-order valence-corrected chi connectivity index (χ3v) is 3.00. The van der Waals surface area contributed by atoms with Crippen LogP contribution < -0.4 is 5.32 Å². The molecule has 1 atom stereocenters. The van der Waals surface area contributed by atoms with Crippen LogP contribution >= 0.6 is 11.6 Å². The first-order valence-corrected chi connectivity index (χ1v) is 6.57. The van der Waals surface area contributed by atoms with Gasteiger partial charge in [0.2, 0.25) is 0 Å². The molecule has 1 aromatic heterocycles. The highest BCUT2D eigenvalue weighted by molar-refractivity contribution is 6.33. The molecule has 18 heavy (non-hydrogen) atoms. The minimum Gasteiger partial charge on any atom is -0.478 e. The van der Waals surface area contributed by atoms with E-state index in [-0.39, 0.29) is 11.6 Å². The number of carbonyl (C=O) groups is 1. The summed E-state index contributed by atoms with van der Waals surface area (Å²) in [7, 11) is 0. The van der Waals surface area contributed by atoms with Crippen LogP contribution in [0.1, 0.15) is 49.9 Å². The Kier molecular flexibility index (Phi) is 5.92. The molecule has 0 aliphatic heterocycles. The Morgan fingerprint density at radius 1 is 1.56 bits per heavy atom. The van der Waals surface area contributed by atoms with Crippen molar-refractivity contribution < 1.29 is 9.90 Å². The maximum atomic E-state index is 10.7. The highest BCUT2D eigenvalue weighted by atomic mass is 35.5. The van der Waals surface area contributed by atoms with E-state index in [0.29, 0.717) is 10.8 Å². The van der Waals surface area contributed by atoms with Gasteiger partial charge in [0.25, 0.3) is 0 Å². The molecule has 1 aromatic rings. The van der Waals surface area contributed by atoms with Crippen LogP contribution in [0, 0.1) is 0 Å². The van der Waals surface area contributed by atoms with Gasteiger partial charge in [-0.2, -0.15) is 0 Å². The van der Waals surface area contributed by atoms with E-state index in [1.807, 2.05) is 0 Å². The van der Waals surface area contributed by atoms with Crippen molar-refractivity contribution in [2.75, 3.05) is 5.32 Å². The lowest BCUT2D eigenvalue weighted by Gasteiger charge is -2.15. The quantitative estimate of drug-likeness (QED) is 0.740. The molecule has 0 radical (unpaired) electrons. The number of nitrogens with zero attached hydrogens (tertiary/aromatic N) is 1. The molecule has 100 valence electrons. The van der Waals surface area contributed by atoms with Gasteiger partial charge >= 0.3 is 5.97 Å². The number of anilines is 1. The number of rotatable bonds is 7. The Bertz CT molecular complexity index is 410. The van der Waals surface area contributed by atoms with E-state index in [4.69, 9.17) is 16.7 Å². The van der Waals surface area contributed by atoms with Crippen LogP contribution in [0.15, 0.2) is 12.3 Å². The SMILES string of the molecule is CCCCCC(C)Nc1ncc(C(=O)O)cc1Cl. The van der Waals surface area contributed by atoms with Crippen LogP contribution in [0.3, 0.4) is 0 Å². The molecule has 0 bridgehead atoms. The van der Waals surface area contributed by atoms with Gasteiger partial charge < -0.3 is 10.4 Å². The van der Waals surface area contributed by atoms with Crippen LogP contribution in [0.2, 0.25) is 5.02 Å². The fourth-order valence-corrected chi connectivity index (χ4v) is 1.89. The van der Waals surface area contributed by atoms with Crippen molar-refractivity contribution in [2.45, 2.75) is 45.6 Å². The van der Waals surface area contributed by atoms with Crippen molar-refractivity contribution in [1.82, 2.24) is 4.98 Å². The predicted octanol–water partition coefficient (Wildman–Crippen LogP) is 3.81. The number of carboxylic acid groups (broad SMARTS) is 1. The van der Waals surface area contributed by atoms with Gasteiger partial charge in [-0.1, -0.05) is 37.8 Å². The van der Waals surface area contributed by atoms with E-state index in [2.05, 4.69) is 24.1 Å². The molecule has 0 spiro atoms. The first kappa shape index (κ1) is 14.8. The Morgan fingerprint density at radius 3 is 2.83 bits per heavy atom. The van der Waals surface area contributed by atoms with E-state index in [1.165, 1.54) is 25.1 Å². The summed E-state index contributed by atoms with van der Waals surface area (Å²) in [5, 5.41) is 12.4. The van der Waals surface area contributed by atoms with Gasteiger partial charge in [0, 0.05) is 12.2 Å². The monoisotopic (exact) mass is 270 g/mol. The van der Waals surface area contributed by atoms with Crippen molar-refractivity contribution in [1.29, 1.82) is 0 Å². The first-order valence-electron chi connectivity index (χ1n) is 6.20. The second kappa shape index (κ2) is 7.21. The Balaban J connectivity index is 2.59. The summed E-state index contributed by atoms with van der Waals surface area (Å²) in [5.74, 6) is -0.474. The standard InChI is InChI=1S/C13H19ClN2O2/c1-3-4-5-6-9(2)16-12-11(14)7-10(8-15-12)13(17)18/h7-9H,3-6H2,1-2H3,(H,15,16)(H,17,18). The van der Waals surface area contributed by atoms with Gasteiger partial charge in [0.15, 0.2) is 0 Å². The molecule has 1 rings (SSSR count). The summed E-state index contributed by atoms with van der Waals surface area (Å²) in [5.41, 5.74) is 0.101. The third kappa shape index (κ3) is 4.53. The fourth-order valence-electron chi connectivity index (χ4n) is 1.67. The van der Waals surface area contributed by atoms with Gasteiger partial charge in [0.1, 0.15) is 5.82 Å². The minimum absolute atomic E-state index is 0.101. The first-order chi connectivity index (χ1) is 8.54. The lowest BCUT2D eigenvalue weighted by Crippen LogP contribution is -2.16. The average molecular weight is 271 g/mol. The maximum absolute atomic E-state index is 10.7. The maximum Gasteiger partial charge on any atom is 0.337 e. The van der Waals surface area contributed by atoms with Gasteiger partial charge in [0.05, 0.1) is 10.6 Å². The van der Waals surface area contributed by atoms with Crippen LogP contribution in [0.25, 0.3) is 0 Å². The van der Waals surface area contributed by atoms with Crippen LogP contribution in [-0.4, -0.2) is 22.1 Å². The van der Waals surface area contributed by atoms with Crippen molar-refractivity contribution >= 4 is 23.4 Å². The number of unbranched alkanes of at least 4 members (excludes halogenated alkanes) is 2. The summed E-state index contributed by atoms with van der Waals surface area (Å²) in [4.78, 5) is 14.8. The molecule has 1 heterocycles. The summed E-state index contributed by atoms with van der Waals surface area (Å²) < 4.78 is 0. The van der Waals surface area contributed by atoms with Crippen LogP contribution in [0.4, 0.5) is 5.82 Å². The number of aromatic nitrogens is 1. The molecular weight excluding hydrogens is 252 g/mol. The highest BCUT2D eigenvalue weighted by Gasteiger charge is 2.10. The molecule has 0 saturated carbocycles. The second-order valence-electron chi connectivity index (χ2n) is 4.40. The Morgan fingerprint density at radius 2 is 2.28 bits per heavy atom. The Hall–Kier alpha value is -1.29. The summed E-state index contributed by atoms with van der Waals surface area (Å²) in [6.07, 6.45) is 5.93. The normalized spacial score (nSPS) is 12.2. The van der Waals surface area contributed by atoms with Crippen LogP contribution in [-0.2, 0) is 0 Å². The van der Waals surface area contributed by atoms with E-state index in [9.17, 15) is 4.79 Å². The van der Waals surface area contributed by atoms with Gasteiger partial charge in [-0.05, 0) is 19.4 Å². The van der Waals surface area contributed by atoms with E-state index >= 15 is 0 Å². The van der Waals surface area contributed by atoms with Crippen LogP contribution in [0.5, 0.6) is 0 Å². The lowest BCUT2D eigenvalue weighted by molar-refractivity contribution is 0.0696. The van der Waals surface area contributed by atoms with Crippen molar-refractivity contribution in [2.24, 2.45) is 0 Å². The van der Waals surface area contributed by atoms with Crippen molar-refractivity contribution in [3.63, 3.8) is 0 Å². The summed E-state index contributed by atoms with van der Waals surface area (Å²) in [6.45, 7) is 4.24. The molecule has 0 fully saturated rings. The van der Waals surface area contributed by atoms with E-state index in [1.54, 1.807) is 0 Å². The molecule has 0 aliphatic rings. The number of hydrogen-bond donors (Lipinski definition) is 2. The topological polar surface area (TPSA) is 62.2 Å². The molecule has 2 N–H and O–H groups in total.